The van der Waals surface area contributed by atoms with Gasteiger partial charge in [0, 0.05) is 11.5 Å². The van der Waals surface area contributed by atoms with Crippen LogP contribution in [-0.4, -0.2) is 14.3 Å². The molecule has 0 bridgehead atoms. The van der Waals surface area contributed by atoms with Crippen LogP contribution in [0, 0.1) is 6.92 Å². The van der Waals surface area contributed by atoms with Gasteiger partial charge in [-0.2, -0.15) is 0 Å². The Morgan fingerprint density at radius 3 is 2.28 bits per heavy atom. The summed E-state index contributed by atoms with van der Waals surface area (Å²) in [4.78, 5) is 23.2. The van der Waals surface area contributed by atoms with Crippen molar-refractivity contribution >= 4 is 15.9 Å². The third-order valence-corrected chi connectivity index (χ3v) is 3.21. The second-order valence-corrected chi connectivity index (χ2v) is 4.38. The van der Waals surface area contributed by atoms with Crippen molar-refractivity contribution in [2.24, 2.45) is 7.05 Å². The van der Waals surface area contributed by atoms with Crippen molar-refractivity contribution in [3.05, 3.63) is 49.2 Å². The molecule has 0 aliphatic rings. The second kappa shape index (κ2) is 5.86. The predicted octanol–water partition coefficient (Wildman–Crippen LogP) is 1.96. The van der Waals surface area contributed by atoms with Gasteiger partial charge in [0.2, 0.25) is 0 Å². The van der Waals surface area contributed by atoms with Gasteiger partial charge in [0.15, 0.2) is 0 Å². The molecular formula is C12H16BrN3O2. The SMILES string of the molecule is CC.Cc1ccc(-n2c(=O)[nH]n(C)c2=O)cc1Br. The summed E-state index contributed by atoms with van der Waals surface area (Å²) in [7, 11) is 1.50. The highest BCUT2D eigenvalue weighted by Crippen LogP contribution is 2.18. The molecule has 0 saturated carbocycles. The van der Waals surface area contributed by atoms with Crippen molar-refractivity contribution in [1.29, 1.82) is 0 Å². The lowest BCUT2D eigenvalue weighted by atomic mass is 10.2. The van der Waals surface area contributed by atoms with E-state index in [1.807, 2.05) is 26.8 Å². The maximum Gasteiger partial charge on any atom is 0.351 e. The Morgan fingerprint density at radius 2 is 1.83 bits per heavy atom. The number of hydrogen-bond donors (Lipinski definition) is 1. The van der Waals surface area contributed by atoms with Crippen LogP contribution < -0.4 is 11.4 Å². The number of nitrogens with one attached hydrogen (secondary N) is 1. The smallest absolute Gasteiger partial charge is 0.246 e. The predicted molar refractivity (Wildman–Crippen MR) is 75.4 cm³/mol. The highest BCUT2D eigenvalue weighted by atomic mass is 79.9. The first-order valence-corrected chi connectivity index (χ1v) is 6.44. The zero-order valence-electron chi connectivity index (χ0n) is 10.8. The Hall–Kier alpha value is -1.56. The maximum atomic E-state index is 11.7. The van der Waals surface area contributed by atoms with Crippen LogP contribution in [0.4, 0.5) is 0 Å². The minimum absolute atomic E-state index is 0.388. The molecule has 0 spiro atoms. The quantitative estimate of drug-likeness (QED) is 0.875. The number of rotatable bonds is 1. The van der Waals surface area contributed by atoms with Gasteiger partial charge < -0.3 is 0 Å². The lowest BCUT2D eigenvalue weighted by molar-refractivity contribution is 0.723. The molecule has 0 aliphatic carbocycles. The van der Waals surface area contributed by atoms with Gasteiger partial charge in [0.1, 0.15) is 0 Å². The largest absolute Gasteiger partial charge is 0.351 e. The molecule has 6 heteroatoms. The first kappa shape index (κ1) is 14.5. The second-order valence-electron chi connectivity index (χ2n) is 3.53. The first-order chi connectivity index (χ1) is 8.50. The summed E-state index contributed by atoms with van der Waals surface area (Å²) < 4.78 is 3.10. The molecule has 2 aromatic rings. The Labute approximate surface area is 113 Å². The van der Waals surface area contributed by atoms with Crippen molar-refractivity contribution in [3.63, 3.8) is 0 Å². The van der Waals surface area contributed by atoms with Gasteiger partial charge in [-0.05, 0) is 24.6 Å². The van der Waals surface area contributed by atoms with Crippen molar-refractivity contribution in [3.8, 4) is 5.69 Å². The Balaban J connectivity index is 0.000000771. The van der Waals surface area contributed by atoms with E-state index < -0.39 is 5.69 Å². The zero-order chi connectivity index (χ0) is 13.9. The number of nitrogens with zero attached hydrogens (tertiary/aromatic N) is 2. The molecule has 0 unspecified atom stereocenters. The lowest BCUT2D eigenvalue weighted by Gasteiger charge is -2.02. The fraction of sp³-hybridized carbons (Fsp3) is 0.333. The molecule has 98 valence electrons. The highest BCUT2D eigenvalue weighted by molar-refractivity contribution is 9.10. The monoisotopic (exact) mass is 313 g/mol. The molecular weight excluding hydrogens is 298 g/mol. The molecule has 1 heterocycles. The topological polar surface area (TPSA) is 59.8 Å². The van der Waals surface area contributed by atoms with Gasteiger partial charge in [-0.3, -0.25) is 0 Å². The number of aromatic amines is 1. The molecule has 2 rings (SSSR count). The molecule has 0 aliphatic heterocycles. The fourth-order valence-electron chi connectivity index (χ4n) is 1.43. The van der Waals surface area contributed by atoms with Gasteiger partial charge >= 0.3 is 11.4 Å². The third kappa shape index (κ3) is 2.64. The van der Waals surface area contributed by atoms with Crippen molar-refractivity contribution in [2.75, 3.05) is 0 Å². The zero-order valence-corrected chi connectivity index (χ0v) is 12.4. The van der Waals surface area contributed by atoms with E-state index in [0.717, 1.165) is 19.3 Å². The van der Waals surface area contributed by atoms with Crippen LogP contribution in [-0.2, 0) is 7.05 Å². The summed E-state index contributed by atoms with van der Waals surface area (Å²) in [6, 6.07) is 5.32. The molecule has 0 atom stereocenters. The van der Waals surface area contributed by atoms with Gasteiger partial charge in [-0.1, -0.05) is 35.8 Å². The summed E-state index contributed by atoms with van der Waals surface area (Å²) in [5.41, 5.74) is 0.762. The molecule has 0 amide bonds. The highest BCUT2D eigenvalue weighted by Gasteiger charge is 2.09. The van der Waals surface area contributed by atoms with E-state index >= 15 is 0 Å². The molecule has 0 radical (unpaired) electrons. The number of H-pyrrole nitrogens is 1. The summed E-state index contributed by atoms with van der Waals surface area (Å²) >= 11 is 3.36. The molecule has 0 saturated heterocycles. The van der Waals surface area contributed by atoms with Gasteiger partial charge in [-0.15, -0.1) is 0 Å². The molecule has 1 aromatic carbocycles. The number of aryl methyl sites for hydroxylation is 2. The van der Waals surface area contributed by atoms with E-state index in [0.29, 0.717) is 5.69 Å². The molecule has 18 heavy (non-hydrogen) atoms. The van der Waals surface area contributed by atoms with Crippen molar-refractivity contribution in [2.45, 2.75) is 20.8 Å². The summed E-state index contributed by atoms with van der Waals surface area (Å²) in [6.07, 6.45) is 0. The Bertz CT molecular complexity index is 652. The first-order valence-electron chi connectivity index (χ1n) is 5.65. The minimum atomic E-state index is -0.441. The lowest BCUT2D eigenvalue weighted by Crippen LogP contribution is -2.26. The normalized spacial score (nSPS) is 9.83. The maximum absolute atomic E-state index is 11.7. The average molecular weight is 314 g/mol. The number of aromatic nitrogens is 3. The Morgan fingerprint density at radius 1 is 1.22 bits per heavy atom. The molecule has 0 fully saturated rings. The van der Waals surface area contributed by atoms with Crippen molar-refractivity contribution in [1.82, 2.24) is 14.3 Å². The van der Waals surface area contributed by atoms with E-state index in [9.17, 15) is 9.59 Å². The third-order valence-electron chi connectivity index (χ3n) is 2.36. The summed E-state index contributed by atoms with van der Waals surface area (Å²) in [5, 5.41) is 2.40. The van der Waals surface area contributed by atoms with Crippen LogP contribution in [0.15, 0.2) is 32.3 Å². The van der Waals surface area contributed by atoms with Crippen molar-refractivity contribution < 1.29 is 0 Å². The summed E-state index contributed by atoms with van der Waals surface area (Å²) in [6.45, 7) is 5.94. The van der Waals surface area contributed by atoms with E-state index in [2.05, 4.69) is 21.0 Å². The number of halogens is 1. The fourth-order valence-corrected chi connectivity index (χ4v) is 1.79. The average Bonchev–Trinajstić information content (AvgIpc) is 2.60. The van der Waals surface area contributed by atoms with Crippen LogP contribution in [0.2, 0.25) is 0 Å². The molecule has 1 aromatic heterocycles. The number of hydrogen-bond acceptors (Lipinski definition) is 2. The summed E-state index contributed by atoms with van der Waals surface area (Å²) in [5.74, 6) is 0. The molecule has 1 N–H and O–H groups in total. The molecule has 5 nitrogen and oxygen atoms in total. The minimum Gasteiger partial charge on any atom is -0.246 e. The van der Waals surface area contributed by atoms with Crippen LogP contribution in [0.3, 0.4) is 0 Å². The van der Waals surface area contributed by atoms with Crippen LogP contribution in [0.1, 0.15) is 19.4 Å². The van der Waals surface area contributed by atoms with Crippen LogP contribution in [0.25, 0.3) is 5.69 Å². The standard InChI is InChI=1S/C10H10BrN3O2.C2H6/c1-6-3-4-7(5-8(6)11)14-9(15)12-13(2)10(14)16;1-2/h3-5H,1-2H3,(H,12,15);1-2H3. The number of benzene rings is 1. The van der Waals surface area contributed by atoms with E-state index in [4.69, 9.17) is 0 Å². The van der Waals surface area contributed by atoms with E-state index in [1.165, 1.54) is 7.05 Å². The van der Waals surface area contributed by atoms with E-state index in [1.54, 1.807) is 12.1 Å². The van der Waals surface area contributed by atoms with Gasteiger partial charge in [-0.25, -0.2) is 23.9 Å². The van der Waals surface area contributed by atoms with Gasteiger partial charge in [0.05, 0.1) is 5.69 Å². The van der Waals surface area contributed by atoms with E-state index in [-0.39, 0.29) is 5.69 Å². The van der Waals surface area contributed by atoms with Crippen LogP contribution >= 0.6 is 15.9 Å². The van der Waals surface area contributed by atoms with Crippen LogP contribution in [0.5, 0.6) is 0 Å². The Kier molecular flexibility index (Phi) is 4.72. The van der Waals surface area contributed by atoms with Gasteiger partial charge in [0.25, 0.3) is 0 Å².